The number of fused-ring (bicyclic) bond motifs is 1. The van der Waals surface area contributed by atoms with Crippen LogP contribution >= 0.6 is 11.6 Å². The number of hydrogen-bond acceptors (Lipinski definition) is 2. The van der Waals surface area contributed by atoms with E-state index in [2.05, 4.69) is 24.3 Å². The Labute approximate surface area is 147 Å². The van der Waals surface area contributed by atoms with E-state index in [0.717, 1.165) is 29.6 Å². The largest absolute Gasteiger partial charge is 0.454 e. The van der Waals surface area contributed by atoms with E-state index in [-0.39, 0.29) is 0 Å². The Kier molecular flexibility index (Phi) is 4.60. The van der Waals surface area contributed by atoms with E-state index >= 15 is 0 Å². The van der Waals surface area contributed by atoms with Crippen molar-refractivity contribution < 1.29 is 19.3 Å². The van der Waals surface area contributed by atoms with Crippen molar-refractivity contribution in [3.8, 4) is 11.5 Å². The molecule has 0 radical (unpaired) electrons. The minimum Gasteiger partial charge on any atom is -0.454 e. The van der Waals surface area contributed by atoms with Crippen LogP contribution in [0.4, 0.5) is 0 Å². The minimum absolute atomic E-state index is 0.344. The van der Waals surface area contributed by atoms with Crippen molar-refractivity contribution in [3.63, 3.8) is 0 Å². The zero-order valence-electron chi connectivity index (χ0n) is 13.7. The molecule has 2 aromatic carbocycles. The first kappa shape index (κ1) is 15.8. The Morgan fingerprint density at radius 1 is 0.792 bits per heavy atom. The van der Waals surface area contributed by atoms with Crippen molar-refractivity contribution >= 4 is 11.6 Å². The fourth-order valence-corrected chi connectivity index (χ4v) is 3.80. The Bertz CT molecular complexity index is 714. The summed E-state index contributed by atoms with van der Waals surface area (Å²) in [6.07, 6.45) is 0. The molecular formula is C19H23ClN2O2+2. The van der Waals surface area contributed by atoms with Gasteiger partial charge in [0, 0.05) is 16.1 Å². The molecule has 2 aliphatic rings. The summed E-state index contributed by atoms with van der Waals surface area (Å²) >= 11 is 6.08. The second-order valence-corrected chi connectivity index (χ2v) is 7.11. The van der Waals surface area contributed by atoms with E-state index in [1.165, 1.54) is 37.3 Å². The van der Waals surface area contributed by atoms with Crippen LogP contribution in [0.3, 0.4) is 0 Å². The molecule has 24 heavy (non-hydrogen) atoms. The van der Waals surface area contributed by atoms with Crippen LogP contribution in [0.1, 0.15) is 11.1 Å². The number of nitrogens with one attached hydrogen (secondary N) is 2. The van der Waals surface area contributed by atoms with Gasteiger partial charge in [0.1, 0.15) is 39.3 Å². The highest BCUT2D eigenvalue weighted by atomic mass is 35.5. The summed E-state index contributed by atoms with van der Waals surface area (Å²) in [6, 6.07) is 14.5. The second-order valence-electron chi connectivity index (χ2n) is 6.67. The molecule has 0 aliphatic carbocycles. The summed E-state index contributed by atoms with van der Waals surface area (Å²) in [6.45, 7) is 7.27. The summed E-state index contributed by atoms with van der Waals surface area (Å²) in [5.74, 6) is 1.75. The molecule has 2 aliphatic heterocycles. The maximum atomic E-state index is 6.08. The highest BCUT2D eigenvalue weighted by Gasteiger charge is 2.24. The summed E-state index contributed by atoms with van der Waals surface area (Å²) in [4.78, 5) is 3.29. The third kappa shape index (κ3) is 3.66. The fourth-order valence-electron chi connectivity index (χ4n) is 3.59. The van der Waals surface area contributed by atoms with Crippen LogP contribution in [0.15, 0.2) is 42.5 Å². The quantitative estimate of drug-likeness (QED) is 0.846. The van der Waals surface area contributed by atoms with Gasteiger partial charge in [-0.2, -0.15) is 0 Å². The van der Waals surface area contributed by atoms with Crippen LogP contribution in [0.25, 0.3) is 0 Å². The lowest BCUT2D eigenvalue weighted by Crippen LogP contribution is -3.27. The number of rotatable bonds is 4. The van der Waals surface area contributed by atoms with Gasteiger partial charge < -0.3 is 19.3 Å². The Morgan fingerprint density at radius 2 is 1.46 bits per heavy atom. The molecule has 0 unspecified atom stereocenters. The van der Waals surface area contributed by atoms with Gasteiger partial charge in [-0.3, -0.25) is 0 Å². The molecule has 4 rings (SSSR count). The molecule has 0 spiro atoms. The number of piperazine rings is 1. The molecule has 2 N–H and O–H groups in total. The van der Waals surface area contributed by atoms with Crippen LogP contribution in [0, 0.1) is 0 Å². The third-order valence-electron chi connectivity index (χ3n) is 4.90. The monoisotopic (exact) mass is 346 g/mol. The van der Waals surface area contributed by atoms with E-state index in [1.54, 1.807) is 9.80 Å². The maximum absolute atomic E-state index is 6.08. The molecule has 0 atom stereocenters. The van der Waals surface area contributed by atoms with Crippen molar-refractivity contribution in [2.45, 2.75) is 13.1 Å². The molecule has 5 heteroatoms. The molecular weight excluding hydrogens is 324 g/mol. The summed E-state index contributed by atoms with van der Waals surface area (Å²) < 4.78 is 10.9. The van der Waals surface area contributed by atoms with E-state index in [9.17, 15) is 0 Å². The highest BCUT2D eigenvalue weighted by Crippen LogP contribution is 2.32. The van der Waals surface area contributed by atoms with Gasteiger partial charge >= 0.3 is 0 Å². The van der Waals surface area contributed by atoms with Crippen LogP contribution in [0.2, 0.25) is 5.02 Å². The van der Waals surface area contributed by atoms with E-state index in [0.29, 0.717) is 6.79 Å². The molecule has 2 heterocycles. The first-order chi connectivity index (χ1) is 11.8. The third-order valence-corrected chi connectivity index (χ3v) is 5.13. The van der Waals surface area contributed by atoms with Gasteiger partial charge in [0.05, 0.1) is 0 Å². The van der Waals surface area contributed by atoms with E-state index in [1.807, 2.05) is 18.2 Å². The first-order valence-electron chi connectivity index (χ1n) is 8.56. The standard InChI is InChI=1S/C19H21ClN2O2/c20-17-3-1-2-15(10-17)12-21-6-8-22(9-7-21)13-16-4-5-18-19(11-16)24-14-23-18/h1-5,10-11H,6-9,12-14H2/p+2. The van der Waals surface area contributed by atoms with Crippen LogP contribution in [0.5, 0.6) is 11.5 Å². The van der Waals surface area contributed by atoms with Gasteiger partial charge in [-0.05, 0) is 30.3 Å². The zero-order chi connectivity index (χ0) is 16.4. The van der Waals surface area contributed by atoms with Crippen LogP contribution in [-0.2, 0) is 13.1 Å². The van der Waals surface area contributed by atoms with Crippen LogP contribution < -0.4 is 19.3 Å². The van der Waals surface area contributed by atoms with E-state index in [4.69, 9.17) is 21.1 Å². The minimum atomic E-state index is 0.344. The van der Waals surface area contributed by atoms with Gasteiger partial charge in [0.25, 0.3) is 0 Å². The van der Waals surface area contributed by atoms with Crippen molar-refractivity contribution in [1.29, 1.82) is 0 Å². The molecule has 0 saturated carbocycles. The number of halogens is 1. The molecule has 4 nitrogen and oxygen atoms in total. The number of benzene rings is 2. The summed E-state index contributed by atoms with van der Waals surface area (Å²) in [5.41, 5.74) is 2.66. The zero-order valence-corrected chi connectivity index (χ0v) is 14.4. The highest BCUT2D eigenvalue weighted by molar-refractivity contribution is 6.30. The van der Waals surface area contributed by atoms with Crippen molar-refractivity contribution in [2.75, 3.05) is 33.0 Å². The van der Waals surface area contributed by atoms with Gasteiger partial charge in [0.15, 0.2) is 11.5 Å². The molecule has 126 valence electrons. The molecule has 1 saturated heterocycles. The Hall–Kier alpha value is -1.75. The first-order valence-corrected chi connectivity index (χ1v) is 8.94. The average molecular weight is 347 g/mol. The molecule has 0 bridgehead atoms. The van der Waals surface area contributed by atoms with E-state index < -0.39 is 0 Å². The number of hydrogen-bond donors (Lipinski definition) is 2. The lowest BCUT2D eigenvalue weighted by Gasteiger charge is -2.29. The molecule has 2 aromatic rings. The number of quaternary nitrogens is 2. The predicted molar refractivity (Wildman–Crippen MR) is 92.8 cm³/mol. The van der Waals surface area contributed by atoms with Gasteiger partial charge in [-0.25, -0.2) is 0 Å². The molecule has 1 fully saturated rings. The van der Waals surface area contributed by atoms with Crippen molar-refractivity contribution in [2.24, 2.45) is 0 Å². The second kappa shape index (κ2) is 7.01. The summed E-state index contributed by atoms with van der Waals surface area (Å²) in [7, 11) is 0. The van der Waals surface area contributed by atoms with Gasteiger partial charge in [-0.1, -0.05) is 23.7 Å². The lowest BCUT2D eigenvalue weighted by molar-refractivity contribution is -1.02. The average Bonchev–Trinajstić information content (AvgIpc) is 3.04. The van der Waals surface area contributed by atoms with Crippen molar-refractivity contribution in [3.05, 3.63) is 58.6 Å². The topological polar surface area (TPSA) is 27.3 Å². The normalized spacial score (nSPS) is 22.5. The summed E-state index contributed by atoms with van der Waals surface area (Å²) in [5, 5.41) is 0.832. The maximum Gasteiger partial charge on any atom is 0.231 e. The Morgan fingerprint density at radius 3 is 2.17 bits per heavy atom. The smallest absolute Gasteiger partial charge is 0.231 e. The SMILES string of the molecule is Clc1cccc(C[NH+]2CC[NH+](Cc3ccc4c(c3)OCO4)CC2)c1. The van der Waals surface area contributed by atoms with Crippen LogP contribution in [-0.4, -0.2) is 33.0 Å². The van der Waals surface area contributed by atoms with Gasteiger partial charge in [-0.15, -0.1) is 0 Å². The number of ether oxygens (including phenoxy) is 2. The molecule has 0 aromatic heterocycles. The molecule has 0 amide bonds. The lowest BCUT2D eigenvalue weighted by atomic mass is 10.1. The predicted octanol–water partition coefficient (Wildman–Crippen LogP) is 0.552. The van der Waals surface area contributed by atoms with Crippen molar-refractivity contribution in [1.82, 2.24) is 0 Å². The van der Waals surface area contributed by atoms with Gasteiger partial charge in [0.2, 0.25) is 6.79 Å². The Balaban J connectivity index is 1.30. The fraction of sp³-hybridized carbons (Fsp3) is 0.368.